The van der Waals surface area contributed by atoms with Crippen LogP contribution in [0.1, 0.15) is 22.8 Å². The first-order valence-corrected chi connectivity index (χ1v) is 7.12. The molecule has 0 radical (unpaired) electrons. The molecule has 0 saturated carbocycles. The molecule has 1 unspecified atom stereocenters. The summed E-state index contributed by atoms with van der Waals surface area (Å²) in [5, 5.41) is 10.4. The Kier molecular flexibility index (Phi) is 4.85. The summed E-state index contributed by atoms with van der Waals surface area (Å²) in [6.45, 7) is 1.91. The van der Waals surface area contributed by atoms with Crippen LogP contribution in [0.25, 0.3) is 0 Å². The van der Waals surface area contributed by atoms with Crippen molar-refractivity contribution in [1.29, 1.82) is 0 Å². The summed E-state index contributed by atoms with van der Waals surface area (Å²) >= 11 is 3.40. The van der Waals surface area contributed by atoms with Crippen LogP contribution in [0.2, 0.25) is 0 Å². The molecule has 0 aliphatic carbocycles. The molecule has 0 fully saturated rings. The Hall–Kier alpha value is -1.59. The number of benzene rings is 2. The lowest BCUT2D eigenvalue weighted by atomic mass is 9.99. The van der Waals surface area contributed by atoms with Crippen molar-refractivity contribution in [1.82, 2.24) is 0 Å². The molecule has 0 aliphatic rings. The van der Waals surface area contributed by atoms with Crippen molar-refractivity contribution in [3.05, 3.63) is 57.3 Å². The number of aliphatic hydroxyl groups is 1. The molecule has 0 bridgehead atoms. The van der Waals surface area contributed by atoms with Gasteiger partial charge in [-0.1, -0.05) is 28.1 Å². The highest BCUT2D eigenvalue weighted by Gasteiger charge is 2.19. The fraction of sp³-hybridized carbons (Fsp3) is 0.250. The van der Waals surface area contributed by atoms with Crippen LogP contribution >= 0.6 is 15.9 Å². The summed E-state index contributed by atoms with van der Waals surface area (Å²) in [5.74, 6) is 0.125. The van der Waals surface area contributed by atoms with Gasteiger partial charge in [0.1, 0.15) is 11.9 Å². The van der Waals surface area contributed by atoms with Crippen LogP contribution < -0.4 is 9.47 Å². The topological polar surface area (TPSA) is 38.7 Å². The Morgan fingerprint density at radius 2 is 1.71 bits per heavy atom. The van der Waals surface area contributed by atoms with E-state index in [1.54, 1.807) is 6.07 Å². The number of rotatable bonds is 4. The second-order valence-electron chi connectivity index (χ2n) is 4.64. The van der Waals surface area contributed by atoms with E-state index < -0.39 is 11.9 Å². The molecule has 1 atom stereocenters. The van der Waals surface area contributed by atoms with Crippen molar-refractivity contribution in [3.63, 3.8) is 0 Å². The Morgan fingerprint density at radius 1 is 1.10 bits per heavy atom. The van der Waals surface area contributed by atoms with Gasteiger partial charge in [-0.15, -0.1) is 0 Å². The fourth-order valence-electron chi connectivity index (χ4n) is 2.10. The van der Waals surface area contributed by atoms with Gasteiger partial charge in [-0.2, -0.15) is 0 Å². The van der Waals surface area contributed by atoms with Gasteiger partial charge in [0.2, 0.25) is 0 Å². The van der Waals surface area contributed by atoms with Crippen molar-refractivity contribution < 1.29 is 19.0 Å². The molecule has 0 aromatic heterocycles. The van der Waals surface area contributed by atoms with Gasteiger partial charge >= 0.3 is 0 Å². The number of aryl methyl sites for hydroxylation is 1. The molecule has 0 spiro atoms. The van der Waals surface area contributed by atoms with E-state index in [2.05, 4.69) is 15.9 Å². The maximum absolute atomic E-state index is 14.2. The highest BCUT2D eigenvalue weighted by molar-refractivity contribution is 9.10. The van der Waals surface area contributed by atoms with Crippen LogP contribution in [0, 0.1) is 12.7 Å². The maximum Gasteiger partial charge on any atom is 0.163 e. The minimum atomic E-state index is -1.07. The first kappa shape index (κ1) is 15.8. The van der Waals surface area contributed by atoms with Crippen molar-refractivity contribution in [3.8, 4) is 11.5 Å². The van der Waals surface area contributed by atoms with Gasteiger partial charge in [-0.05, 0) is 30.2 Å². The molecule has 5 heteroatoms. The molecule has 1 N–H and O–H groups in total. The third-order valence-corrected chi connectivity index (χ3v) is 4.18. The second-order valence-corrected chi connectivity index (χ2v) is 5.49. The summed E-state index contributed by atoms with van der Waals surface area (Å²) < 4.78 is 25.3. The summed E-state index contributed by atoms with van der Waals surface area (Å²) in [5.41, 5.74) is 1.73. The van der Waals surface area contributed by atoms with Crippen molar-refractivity contribution in [2.45, 2.75) is 13.0 Å². The summed E-state index contributed by atoms with van der Waals surface area (Å²) in [4.78, 5) is 0. The van der Waals surface area contributed by atoms with Gasteiger partial charge in [0.05, 0.1) is 14.2 Å². The zero-order chi connectivity index (χ0) is 15.6. The molecule has 2 aromatic rings. The van der Waals surface area contributed by atoms with Crippen molar-refractivity contribution >= 4 is 15.9 Å². The zero-order valence-corrected chi connectivity index (χ0v) is 13.6. The highest BCUT2D eigenvalue weighted by Crippen LogP contribution is 2.35. The van der Waals surface area contributed by atoms with E-state index in [9.17, 15) is 9.50 Å². The Morgan fingerprint density at radius 3 is 2.29 bits per heavy atom. The van der Waals surface area contributed by atoms with Crippen molar-refractivity contribution in [2.24, 2.45) is 0 Å². The number of hydrogen-bond acceptors (Lipinski definition) is 3. The van der Waals surface area contributed by atoms with E-state index in [4.69, 9.17) is 9.47 Å². The average Bonchev–Trinajstić information content (AvgIpc) is 2.49. The number of methoxy groups -OCH3 is 2. The number of hydrogen-bond donors (Lipinski definition) is 1. The van der Waals surface area contributed by atoms with Crippen molar-refractivity contribution in [2.75, 3.05) is 14.2 Å². The normalized spacial score (nSPS) is 12.1. The summed E-state index contributed by atoms with van der Waals surface area (Å²) in [6.07, 6.45) is -1.07. The quantitative estimate of drug-likeness (QED) is 0.901. The fourth-order valence-corrected chi connectivity index (χ4v) is 2.34. The van der Waals surface area contributed by atoms with Gasteiger partial charge in [-0.3, -0.25) is 0 Å². The molecule has 2 rings (SSSR count). The lowest BCUT2D eigenvalue weighted by Gasteiger charge is -2.16. The highest BCUT2D eigenvalue weighted by atomic mass is 79.9. The molecule has 0 amide bonds. The molecule has 2 aromatic carbocycles. The van der Waals surface area contributed by atoms with Crippen LogP contribution in [0.5, 0.6) is 11.5 Å². The summed E-state index contributed by atoms with van der Waals surface area (Å²) in [7, 11) is 2.90. The third-order valence-electron chi connectivity index (χ3n) is 3.30. The monoisotopic (exact) mass is 354 g/mol. The molecule has 3 nitrogen and oxygen atoms in total. The van der Waals surface area contributed by atoms with Gasteiger partial charge in [-0.25, -0.2) is 4.39 Å². The predicted molar refractivity (Wildman–Crippen MR) is 82.4 cm³/mol. The molecular weight excluding hydrogens is 339 g/mol. The van der Waals surface area contributed by atoms with Gasteiger partial charge in [0.25, 0.3) is 0 Å². The van der Waals surface area contributed by atoms with Crippen LogP contribution in [0.3, 0.4) is 0 Å². The largest absolute Gasteiger partial charge is 0.493 e. The van der Waals surface area contributed by atoms with E-state index in [0.717, 1.165) is 10.0 Å². The zero-order valence-electron chi connectivity index (χ0n) is 12.0. The predicted octanol–water partition coefficient (Wildman–Crippen LogP) is 4.00. The Balaban J connectivity index is 2.47. The van der Waals surface area contributed by atoms with E-state index in [-0.39, 0.29) is 11.3 Å². The number of halogens is 2. The van der Waals surface area contributed by atoms with Crippen LogP contribution in [-0.2, 0) is 0 Å². The lowest BCUT2D eigenvalue weighted by Crippen LogP contribution is -2.04. The Labute approximate surface area is 131 Å². The first-order chi connectivity index (χ1) is 9.97. The SMILES string of the molecule is COc1cc(F)c(C(O)c2ccc(Br)c(C)c2)cc1OC. The van der Waals surface area contributed by atoms with Gasteiger partial charge in [0.15, 0.2) is 11.5 Å². The van der Waals surface area contributed by atoms with Gasteiger partial charge in [0, 0.05) is 16.1 Å². The minimum absolute atomic E-state index is 0.148. The average molecular weight is 355 g/mol. The van der Waals surface area contributed by atoms with E-state index >= 15 is 0 Å². The Bertz CT molecular complexity index is 658. The lowest BCUT2D eigenvalue weighted by molar-refractivity contribution is 0.213. The minimum Gasteiger partial charge on any atom is -0.493 e. The standard InChI is InChI=1S/C16H16BrFO3/c1-9-6-10(4-5-12(9)17)16(19)11-7-14(20-2)15(21-3)8-13(11)18/h4-8,16,19H,1-3H3. The smallest absolute Gasteiger partial charge is 0.163 e. The van der Waals surface area contributed by atoms with Crippen LogP contribution in [0.4, 0.5) is 4.39 Å². The van der Waals surface area contributed by atoms with Crippen LogP contribution in [-0.4, -0.2) is 19.3 Å². The molecule has 112 valence electrons. The third kappa shape index (κ3) is 3.19. The molecule has 0 heterocycles. The van der Waals surface area contributed by atoms with E-state index in [1.807, 2.05) is 19.1 Å². The first-order valence-electron chi connectivity index (χ1n) is 6.33. The maximum atomic E-state index is 14.2. The second kappa shape index (κ2) is 6.45. The van der Waals surface area contributed by atoms with Crippen LogP contribution in [0.15, 0.2) is 34.8 Å². The molecule has 0 aliphatic heterocycles. The number of ether oxygens (including phenoxy) is 2. The van der Waals surface area contributed by atoms with E-state index in [1.165, 1.54) is 26.4 Å². The summed E-state index contributed by atoms with van der Waals surface area (Å²) in [6, 6.07) is 8.05. The van der Waals surface area contributed by atoms with E-state index in [0.29, 0.717) is 11.3 Å². The molecule has 0 saturated heterocycles. The molecular formula is C16H16BrFO3. The number of aliphatic hydroxyl groups excluding tert-OH is 1. The van der Waals surface area contributed by atoms with Gasteiger partial charge < -0.3 is 14.6 Å². The molecule has 21 heavy (non-hydrogen) atoms.